The highest BCUT2D eigenvalue weighted by molar-refractivity contribution is 6.18. The van der Waals surface area contributed by atoms with Crippen molar-refractivity contribution in [1.29, 1.82) is 0 Å². The number of fused-ring (bicyclic) bond motifs is 8. The second-order valence-corrected chi connectivity index (χ2v) is 10.8. The van der Waals surface area contributed by atoms with Crippen LogP contribution >= 0.6 is 0 Å². The molecule has 0 radical (unpaired) electrons. The van der Waals surface area contributed by atoms with E-state index < -0.39 is 0 Å². The third-order valence-corrected chi connectivity index (χ3v) is 8.30. The van der Waals surface area contributed by atoms with Crippen molar-refractivity contribution in [2.45, 2.75) is 0 Å². The van der Waals surface area contributed by atoms with E-state index in [9.17, 15) is 0 Å². The Hall–Kier alpha value is -5.87. The van der Waals surface area contributed by atoms with Gasteiger partial charge in [0, 0.05) is 39.1 Å². The molecule has 202 valence electrons. The molecule has 0 atom stereocenters. The fraction of sp³-hybridized carbons (Fsp3) is 0. The van der Waals surface area contributed by atoms with Crippen molar-refractivity contribution >= 4 is 71.8 Å². The Morgan fingerprint density at radius 2 is 1.19 bits per heavy atom. The molecule has 4 heteroatoms. The van der Waals surface area contributed by atoms with Gasteiger partial charge in [0.05, 0.1) is 11.1 Å². The van der Waals surface area contributed by atoms with Gasteiger partial charge in [-0.15, -0.1) is 0 Å². The standard InChI is InChI=1S/C39H24N2O2/c1-2-9-25(10-3-1)26-17-19-28(20-18-26)41(29-21-22-35-32(23-29)31-13-6-7-15-34(31)42-35)33-14-8-16-36-37(33)38-39(43-36)30-12-5-4-11-27(30)24-40-38/h1-24H. The lowest BCUT2D eigenvalue weighted by Crippen LogP contribution is -2.10. The first-order valence-electron chi connectivity index (χ1n) is 14.4. The molecule has 3 aromatic heterocycles. The van der Waals surface area contributed by atoms with E-state index in [1.54, 1.807) is 0 Å². The second kappa shape index (κ2) is 9.33. The largest absolute Gasteiger partial charge is 0.456 e. The van der Waals surface area contributed by atoms with Crippen molar-refractivity contribution in [2.24, 2.45) is 0 Å². The van der Waals surface area contributed by atoms with Gasteiger partial charge in [0.2, 0.25) is 0 Å². The first-order valence-corrected chi connectivity index (χ1v) is 14.4. The molecule has 9 aromatic rings. The number of para-hydroxylation sites is 1. The molecule has 0 spiro atoms. The topological polar surface area (TPSA) is 42.4 Å². The molecule has 0 fully saturated rings. The summed E-state index contributed by atoms with van der Waals surface area (Å²) in [6.07, 6.45) is 1.94. The average molecular weight is 553 g/mol. The lowest BCUT2D eigenvalue weighted by Gasteiger charge is -2.26. The Morgan fingerprint density at radius 3 is 2.07 bits per heavy atom. The van der Waals surface area contributed by atoms with Crippen molar-refractivity contribution in [1.82, 2.24) is 4.98 Å². The minimum Gasteiger partial charge on any atom is -0.456 e. The molecule has 4 nitrogen and oxygen atoms in total. The highest BCUT2D eigenvalue weighted by atomic mass is 16.3. The number of anilines is 3. The molecule has 0 amide bonds. The molecule has 0 aliphatic carbocycles. The summed E-state index contributed by atoms with van der Waals surface area (Å²) in [7, 11) is 0. The maximum Gasteiger partial charge on any atom is 0.161 e. The van der Waals surface area contributed by atoms with Gasteiger partial charge < -0.3 is 13.7 Å². The van der Waals surface area contributed by atoms with Crippen molar-refractivity contribution in [3.8, 4) is 11.1 Å². The fourth-order valence-corrected chi connectivity index (χ4v) is 6.27. The lowest BCUT2D eigenvalue weighted by molar-refractivity contribution is 0.669. The fourth-order valence-electron chi connectivity index (χ4n) is 6.27. The van der Waals surface area contributed by atoms with Crippen LogP contribution in [0, 0.1) is 0 Å². The Bertz CT molecular complexity index is 2450. The predicted octanol–water partition coefficient (Wildman–Crippen LogP) is 11.2. The van der Waals surface area contributed by atoms with E-state index in [1.807, 2.05) is 42.6 Å². The summed E-state index contributed by atoms with van der Waals surface area (Å²) in [4.78, 5) is 7.22. The number of benzene rings is 6. The number of rotatable bonds is 4. The highest BCUT2D eigenvalue weighted by Crippen LogP contribution is 2.45. The van der Waals surface area contributed by atoms with E-state index in [0.717, 1.165) is 71.8 Å². The van der Waals surface area contributed by atoms with Gasteiger partial charge in [-0.05, 0) is 59.7 Å². The number of pyridine rings is 1. The van der Waals surface area contributed by atoms with Crippen LogP contribution in [0.25, 0.3) is 65.9 Å². The molecule has 0 aliphatic heterocycles. The Labute approximate surface area is 247 Å². The molecule has 6 aromatic carbocycles. The Morgan fingerprint density at radius 1 is 0.488 bits per heavy atom. The van der Waals surface area contributed by atoms with Crippen molar-refractivity contribution in [3.63, 3.8) is 0 Å². The number of aromatic nitrogens is 1. The van der Waals surface area contributed by atoms with E-state index >= 15 is 0 Å². The molecule has 3 heterocycles. The third-order valence-electron chi connectivity index (χ3n) is 8.30. The Kier molecular flexibility index (Phi) is 5.16. The minimum absolute atomic E-state index is 0.802. The smallest absolute Gasteiger partial charge is 0.161 e. The van der Waals surface area contributed by atoms with E-state index in [-0.39, 0.29) is 0 Å². The van der Waals surface area contributed by atoms with Crippen LogP contribution < -0.4 is 4.90 Å². The molecule has 0 saturated heterocycles. The van der Waals surface area contributed by atoms with Crippen LogP contribution in [0.2, 0.25) is 0 Å². The van der Waals surface area contributed by atoms with Gasteiger partial charge in [-0.3, -0.25) is 4.98 Å². The molecule has 0 saturated carbocycles. The molecule has 0 bridgehead atoms. The molecule has 0 aliphatic rings. The van der Waals surface area contributed by atoms with Gasteiger partial charge >= 0.3 is 0 Å². The van der Waals surface area contributed by atoms with Crippen molar-refractivity contribution in [2.75, 3.05) is 4.90 Å². The zero-order valence-corrected chi connectivity index (χ0v) is 23.1. The monoisotopic (exact) mass is 552 g/mol. The SMILES string of the molecule is c1ccc(-c2ccc(N(c3ccc4oc5ccccc5c4c3)c3cccc4oc5c6ccccc6cnc5c34)cc2)cc1. The summed E-state index contributed by atoms with van der Waals surface area (Å²) >= 11 is 0. The van der Waals surface area contributed by atoms with E-state index in [4.69, 9.17) is 13.8 Å². The molecule has 43 heavy (non-hydrogen) atoms. The summed E-state index contributed by atoms with van der Waals surface area (Å²) in [5.74, 6) is 0. The van der Waals surface area contributed by atoms with Crippen LogP contribution in [0.1, 0.15) is 0 Å². The predicted molar refractivity (Wildman–Crippen MR) is 176 cm³/mol. The van der Waals surface area contributed by atoms with Crippen LogP contribution in [0.4, 0.5) is 17.1 Å². The van der Waals surface area contributed by atoms with Gasteiger partial charge in [-0.1, -0.05) is 91.0 Å². The van der Waals surface area contributed by atoms with Gasteiger partial charge in [0.15, 0.2) is 5.58 Å². The average Bonchev–Trinajstić information content (AvgIpc) is 3.65. The number of hydrogen-bond donors (Lipinski definition) is 0. The van der Waals surface area contributed by atoms with Crippen molar-refractivity contribution < 1.29 is 8.83 Å². The van der Waals surface area contributed by atoms with Gasteiger partial charge in [0.1, 0.15) is 22.3 Å². The first-order chi connectivity index (χ1) is 21.3. The summed E-state index contributed by atoms with van der Waals surface area (Å²) < 4.78 is 12.7. The molecular formula is C39H24N2O2. The second-order valence-electron chi connectivity index (χ2n) is 10.8. The van der Waals surface area contributed by atoms with E-state index in [0.29, 0.717) is 0 Å². The summed E-state index contributed by atoms with van der Waals surface area (Å²) in [5, 5.41) is 5.26. The van der Waals surface area contributed by atoms with E-state index in [2.05, 4.69) is 108 Å². The van der Waals surface area contributed by atoms with Crippen LogP contribution in [-0.4, -0.2) is 4.98 Å². The first kappa shape index (κ1) is 23.8. The van der Waals surface area contributed by atoms with Crippen LogP contribution in [-0.2, 0) is 0 Å². The molecule has 9 rings (SSSR count). The van der Waals surface area contributed by atoms with Crippen LogP contribution in [0.5, 0.6) is 0 Å². The zero-order valence-electron chi connectivity index (χ0n) is 23.1. The molecule has 0 unspecified atom stereocenters. The van der Waals surface area contributed by atoms with Gasteiger partial charge in [0.25, 0.3) is 0 Å². The third kappa shape index (κ3) is 3.74. The van der Waals surface area contributed by atoms with Crippen LogP contribution in [0.3, 0.4) is 0 Å². The summed E-state index contributed by atoms with van der Waals surface area (Å²) in [5.41, 5.74) is 9.61. The van der Waals surface area contributed by atoms with Crippen LogP contribution in [0.15, 0.2) is 155 Å². The number of hydrogen-bond acceptors (Lipinski definition) is 4. The highest BCUT2D eigenvalue weighted by Gasteiger charge is 2.22. The van der Waals surface area contributed by atoms with Gasteiger partial charge in [-0.25, -0.2) is 0 Å². The zero-order chi connectivity index (χ0) is 28.3. The maximum atomic E-state index is 6.52. The molecular weight excluding hydrogens is 528 g/mol. The summed E-state index contributed by atoms with van der Waals surface area (Å²) in [6, 6.07) is 48.3. The van der Waals surface area contributed by atoms with E-state index in [1.165, 1.54) is 11.1 Å². The number of nitrogens with zero attached hydrogens (tertiary/aromatic N) is 2. The van der Waals surface area contributed by atoms with Crippen molar-refractivity contribution in [3.05, 3.63) is 146 Å². The normalized spacial score (nSPS) is 11.7. The minimum atomic E-state index is 0.802. The maximum absolute atomic E-state index is 6.52. The Balaban J connectivity index is 1.31. The summed E-state index contributed by atoms with van der Waals surface area (Å²) in [6.45, 7) is 0. The van der Waals surface area contributed by atoms with Gasteiger partial charge in [-0.2, -0.15) is 0 Å². The quantitative estimate of drug-likeness (QED) is 0.218. The molecule has 0 N–H and O–H groups in total. The lowest BCUT2D eigenvalue weighted by atomic mass is 10.0. The number of furan rings is 2.